The van der Waals surface area contributed by atoms with Crippen LogP contribution >= 0.6 is 23.2 Å². The fraction of sp³-hybridized carbons (Fsp3) is 0.192. The Hall–Kier alpha value is -3.60. The van der Waals surface area contributed by atoms with Crippen LogP contribution in [0.4, 0.5) is 0 Å². The molecular weight excluding hydrogens is 553 g/mol. The number of aromatic carboxylic acids is 1. The predicted octanol–water partition coefficient (Wildman–Crippen LogP) is 5.94. The predicted molar refractivity (Wildman–Crippen MR) is 139 cm³/mol. The molecule has 0 spiro atoms. The van der Waals surface area contributed by atoms with Gasteiger partial charge in [0, 0.05) is 17.2 Å². The van der Waals surface area contributed by atoms with Gasteiger partial charge in [0.2, 0.25) is 0 Å². The highest BCUT2D eigenvalue weighted by molar-refractivity contribution is 7.90. The first-order chi connectivity index (χ1) is 18.2. The van der Waals surface area contributed by atoms with Crippen LogP contribution in [0.2, 0.25) is 10.0 Å². The molecule has 194 valence electrons. The zero-order chi connectivity index (χ0) is 26.6. The van der Waals surface area contributed by atoms with Gasteiger partial charge in [-0.1, -0.05) is 40.5 Å². The smallest absolute Gasteiger partial charge is 0.335 e. The lowest BCUT2D eigenvalue weighted by Crippen LogP contribution is -2.08. The fourth-order valence-corrected chi connectivity index (χ4v) is 6.43. The highest BCUT2D eigenvalue weighted by Gasteiger charge is 2.31. The van der Waals surface area contributed by atoms with Crippen molar-refractivity contribution in [3.8, 4) is 28.5 Å². The minimum Gasteiger partial charge on any atom is -0.487 e. The van der Waals surface area contributed by atoms with Gasteiger partial charge in [-0.2, -0.15) is 0 Å². The molecule has 1 saturated carbocycles. The van der Waals surface area contributed by atoms with Gasteiger partial charge in [0.05, 0.1) is 27.4 Å². The molecule has 1 aliphatic heterocycles. The van der Waals surface area contributed by atoms with Crippen LogP contribution in [0.1, 0.15) is 40.5 Å². The zero-order valence-electron chi connectivity index (χ0n) is 19.6. The number of ether oxygens (including phenoxy) is 2. The number of nitrogens with zero attached hydrogens (tertiary/aromatic N) is 3. The van der Waals surface area contributed by atoms with Gasteiger partial charge in [-0.25, -0.2) is 17.9 Å². The molecule has 2 heterocycles. The molecule has 4 aromatic rings. The van der Waals surface area contributed by atoms with Crippen molar-refractivity contribution in [2.45, 2.75) is 36.1 Å². The first-order valence-corrected chi connectivity index (χ1v) is 14.0. The molecule has 0 bridgehead atoms. The summed E-state index contributed by atoms with van der Waals surface area (Å²) in [4.78, 5) is 11.3. The van der Waals surface area contributed by atoms with Crippen molar-refractivity contribution in [3.63, 3.8) is 0 Å². The minimum atomic E-state index is -3.81. The van der Waals surface area contributed by atoms with E-state index < -0.39 is 15.8 Å². The summed E-state index contributed by atoms with van der Waals surface area (Å²) in [5.74, 6) is -0.905. The molecule has 1 aromatic heterocycles. The Morgan fingerprint density at radius 2 is 1.84 bits per heavy atom. The summed E-state index contributed by atoms with van der Waals surface area (Å²) in [7, 11) is -3.81. The molecule has 12 heteroatoms. The van der Waals surface area contributed by atoms with Gasteiger partial charge in [-0.15, -0.1) is 5.10 Å². The molecule has 1 aliphatic carbocycles. The number of carboxylic acids is 1. The van der Waals surface area contributed by atoms with Crippen molar-refractivity contribution in [2.75, 3.05) is 0 Å². The topological polar surface area (TPSA) is 121 Å². The van der Waals surface area contributed by atoms with Gasteiger partial charge >= 0.3 is 5.97 Å². The summed E-state index contributed by atoms with van der Waals surface area (Å²) < 4.78 is 40.1. The van der Waals surface area contributed by atoms with E-state index in [1.807, 2.05) is 0 Å². The van der Waals surface area contributed by atoms with E-state index in [0.717, 1.165) is 12.8 Å². The van der Waals surface area contributed by atoms with E-state index in [1.54, 1.807) is 28.9 Å². The zero-order valence-corrected chi connectivity index (χ0v) is 21.9. The van der Waals surface area contributed by atoms with Gasteiger partial charge < -0.3 is 14.6 Å². The number of fused-ring (bicyclic) bond motifs is 2. The van der Waals surface area contributed by atoms with Crippen LogP contribution in [0.3, 0.4) is 0 Å². The lowest BCUT2D eigenvalue weighted by atomic mass is 10.1. The summed E-state index contributed by atoms with van der Waals surface area (Å²) in [5.41, 5.74) is 2.10. The molecule has 2 aliphatic rings. The van der Waals surface area contributed by atoms with Crippen LogP contribution in [0.15, 0.2) is 59.5 Å². The van der Waals surface area contributed by atoms with E-state index in [1.165, 1.54) is 30.3 Å². The van der Waals surface area contributed by atoms with Crippen LogP contribution in [-0.2, 0) is 22.2 Å². The van der Waals surface area contributed by atoms with Gasteiger partial charge in [0.25, 0.3) is 0 Å². The molecule has 3 aromatic carbocycles. The number of aromatic nitrogens is 3. The largest absolute Gasteiger partial charge is 0.487 e. The normalized spacial score (nSPS) is 15.6. The van der Waals surface area contributed by atoms with Crippen molar-refractivity contribution in [1.82, 2.24) is 15.0 Å². The van der Waals surface area contributed by atoms with E-state index in [4.69, 9.17) is 32.7 Å². The van der Waals surface area contributed by atoms with E-state index in [9.17, 15) is 18.3 Å². The monoisotopic (exact) mass is 571 g/mol. The Morgan fingerprint density at radius 1 is 1.08 bits per heavy atom. The number of benzene rings is 3. The molecule has 38 heavy (non-hydrogen) atoms. The van der Waals surface area contributed by atoms with Crippen molar-refractivity contribution >= 4 is 39.0 Å². The Bertz CT molecular complexity index is 1700. The van der Waals surface area contributed by atoms with Gasteiger partial charge in [-0.3, -0.25) is 0 Å². The Morgan fingerprint density at radius 3 is 2.55 bits per heavy atom. The van der Waals surface area contributed by atoms with Crippen LogP contribution in [-0.4, -0.2) is 34.5 Å². The van der Waals surface area contributed by atoms with E-state index >= 15 is 0 Å². The molecule has 6 rings (SSSR count). The van der Waals surface area contributed by atoms with E-state index in [2.05, 4.69) is 10.3 Å². The summed E-state index contributed by atoms with van der Waals surface area (Å²) >= 11 is 12.9. The molecule has 0 radical (unpaired) electrons. The second-order valence-corrected chi connectivity index (χ2v) is 11.8. The average molecular weight is 572 g/mol. The molecule has 1 N–H and O–H groups in total. The van der Waals surface area contributed by atoms with Gasteiger partial charge in [-0.05, 0) is 49.2 Å². The highest BCUT2D eigenvalue weighted by atomic mass is 35.5. The SMILES string of the molecule is O=C(O)c1ccc2c(c1)Oc1ccc(OCc3c(-c4c(Cl)cccc4Cl)nnn3C3CC3)cc1S(=O)(=O)C2. The Labute approximate surface area is 227 Å². The first-order valence-electron chi connectivity index (χ1n) is 11.6. The third kappa shape index (κ3) is 4.48. The summed E-state index contributed by atoms with van der Waals surface area (Å²) in [6, 6.07) is 14.0. The minimum absolute atomic E-state index is 0.000128. The van der Waals surface area contributed by atoms with Crippen molar-refractivity contribution in [3.05, 3.63) is 81.5 Å². The number of hydrogen-bond donors (Lipinski definition) is 1. The molecule has 9 nitrogen and oxygen atoms in total. The third-order valence-electron chi connectivity index (χ3n) is 6.39. The molecule has 0 amide bonds. The van der Waals surface area contributed by atoms with Crippen molar-refractivity contribution < 1.29 is 27.8 Å². The number of carbonyl (C=O) groups is 1. The number of sulfone groups is 1. The number of hydrogen-bond acceptors (Lipinski definition) is 7. The van der Waals surface area contributed by atoms with Crippen molar-refractivity contribution in [2.24, 2.45) is 0 Å². The maximum Gasteiger partial charge on any atom is 0.335 e. The highest BCUT2D eigenvalue weighted by Crippen LogP contribution is 2.42. The summed E-state index contributed by atoms with van der Waals surface area (Å²) in [6.07, 6.45) is 1.93. The van der Waals surface area contributed by atoms with Gasteiger partial charge in [0.1, 0.15) is 40.1 Å². The lowest BCUT2D eigenvalue weighted by molar-refractivity contribution is 0.0696. The van der Waals surface area contributed by atoms with Crippen LogP contribution in [0, 0.1) is 0 Å². The number of carboxylic acid groups (broad SMARTS) is 1. The summed E-state index contributed by atoms with van der Waals surface area (Å²) in [5, 5.41) is 18.8. The Balaban J connectivity index is 1.33. The van der Waals surface area contributed by atoms with Crippen LogP contribution < -0.4 is 9.47 Å². The maximum atomic E-state index is 13.2. The van der Waals surface area contributed by atoms with Gasteiger partial charge in [0.15, 0.2) is 9.84 Å². The standard InChI is InChI=1S/C26H19Cl2N3O6S/c27-18-2-1-3-19(28)24(18)25-20(31(30-29-25)16-6-7-16)12-36-17-8-9-21-23(11-17)38(34,35)13-15-5-4-14(26(32)33)10-22(15)37-21/h1-5,8-11,16H,6-7,12-13H2,(H,32,33). The number of halogens is 2. The first kappa shape index (κ1) is 24.7. The molecule has 0 unspecified atom stereocenters. The molecular formula is C26H19Cl2N3O6S. The second kappa shape index (κ2) is 9.30. The summed E-state index contributed by atoms with van der Waals surface area (Å²) in [6.45, 7) is 0.0439. The Kier molecular flexibility index (Phi) is 6.05. The van der Waals surface area contributed by atoms with E-state index in [-0.39, 0.29) is 40.4 Å². The number of rotatable bonds is 6. The fourth-order valence-electron chi connectivity index (χ4n) is 4.34. The van der Waals surface area contributed by atoms with E-state index in [0.29, 0.717) is 38.3 Å². The lowest BCUT2D eigenvalue weighted by Gasteiger charge is -2.13. The molecule has 1 fully saturated rings. The third-order valence-corrected chi connectivity index (χ3v) is 8.70. The van der Waals surface area contributed by atoms with Crippen LogP contribution in [0.5, 0.6) is 17.2 Å². The van der Waals surface area contributed by atoms with Crippen molar-refractivity contribution in [1.29, 1.82) is 0 Å². The quantitative estimate of drug-likeness (QED) is 0.301. The second-order valence-electron chi connectivity index (χ2n) is 9.04. The maximum absolute atomic E-state index is 13.2. The molecule has 0 saturated heterocycles. The molecule has 0 atom stereocenters. The average Bonchev–Trinajstić information content (AvgIpc) is 3.65. The van der Waals surface area contributed by atoms with Crippen LogP contribution in [0.25, 0.3) is 11.3 Å².